The van der Waals surface area contributed by atoms with E-state index in [1.54, 1.807) is 12.3 Å². The topological polar surface area (TPSA) is 118 Å². The number of aromatic amines is 1. The van der Waals surface area contributed by atoms with Crippen molar-refractivity contribution in [3.05, 3.63) is 28.6 Å². The summed E-state index contributed by atoms with van der Waals surface area (Å²) in [7, 11) is -3.00. The Morgan fingerprint density at radius 2 is 2.15 bits per heavy atom. The molecule has 2 saturated carbocycles. The van der Waals surface area contributed by atoms with E-state index < -0.39 is 14.8 Å². The van der Waals surface area contributed by atoms with Crippen molar-refractivity contribution in [3.8, 4) is 0 Å². The molecule has 8 nitrogen and oxygen atoms in total. The number of fused-ring (bicyclic) bond motifs is 1. The number of sulfone groups is 1. The Kier molecular flexibility index (Phi) is 4.57. The van der Waals surface area contributed by atoms with E-state index in [9.17, 15) is 18.5 Å². The highest BCUT2D eigenvalue weighted by atomic mass is 32.2. The van der Waals surface area contributed by atoms with Crippen molar-refractivity contribution < 1.29 is 13.3 Å². The van der Waals surface area contributed by atoms with Crippen LogP contribution in [0.1, 0.15) is 39.0 Å². The average Bonchev–Trinajstić information content (AvgIpc) is 3.26. The van der Waals surface area contributed by atoms with Crippen molar-refractivity contribution in [2.75, 3.05) is 11.1 Å². The number of hydrogen-bond donors (Lipinski definition) is 2. The van der Waals surface area contributed by atoms with Gasteiger partial charge in [0.1, 0.15) is 17.5 Å². The van der Waals surface area contributed by atoms with Crippen LogP contribution < -0.4 is 5.32 Å². The maximum absolute atomic E-state index is 12.4. The minimum absolute atomic E-state index is 0.0219. The molecule has 0 aliphatic heterocycles. The van der Waals surface area contributed by atoms with E-state index >= 15 is 0 Å². The number of pyridine rings is 1. The van der Waals surface area contributed by atoms with Crippen LogP contribution in [0.3, 0.4) is 0 Å². The Labute approximate surface area is 157 Å². The van der Waals surface area contributed by atoms with Crippen LogP contribution in [0.25, 0.3) is 11.0 Å². The lowest BCUT2D eigenvalue weighted by Gasteiger charge is -2.21. The molecule has 3 atom stereocenters. The number of rotatable bonds is 7. The molecule has 0 aromatic carbocycles. The van der Waals surface area contributed by atoms with Gasteiger partial charge in [-0.3, -0.25) is 10.1 Å². The molecule has 2 aliphatic carbocycles. The van der Waals surface area contributed by atoms with E-state index in [2.05, 4.69) is 22.2 Å². The molecule has 0 spiro atoms. The fourth-order valence-corrected chi connectivity index (χ4v) is 6.42. The summed E-state index contributed by atoms with van der Waals surface area (Å²) < 4.78 is 24.7. The van der Waals surface area contributed by atoms with E-state index in [1.807, 2.05) is 0 Å². The lowest BCUT2D eigenvalue weighted by molar-refractivity contribution is -0.384. The average molecular weight is 392 g/mol. The van der Waals surface area contributed by atoms with Crippen LogP contribution in [0.2, 0.25) is 0 Å². The molecule has 0 amide bonds. The molecule has 2 fully saturated rings. The predicted molar refractivity (Wildman–Crippen MR) is 103 cm³/mol. The number of nitrogens with zero attached hydrogens (tertiary/aromatic N) is 2. The van der Waals surface area contributed by atoms with E-state index in [0.29, 0.717) is 22.6 Å². The highest BCUT2D eigenvalue weighted by Crippen LogP contribution is 2.41. The van der Waals surface area contributed by atoms with Gasteiger partial charge >= 0.3 is 5.69 Å². The number of aromatic nitrogens is 2. The second-order valence-electron chi connectivity index (χ2n) is 7.80. The van der Waals surface area contributed by atoms with Crippen LogP contribution in [-0.4, -0.2) is 40.4 Å². The first kappa shape index (κ1) is 18.2. The van der Waals surface area contributed by atoms with Gasteiger partial charge in [-0.1, -0.05) is 13.3 Å². The maximum atomic E-state index is 12.4. The molecule has 2 heterocycles. The van der Waals surface area contributed by atoms with Gasteiger partial charge in [0.05, 0.1) is 15.9 Å². The highest BCUT2D eigenvalue weighted by molar-refractivity contribution is 7.92. The van der Waals surface area contributed by atoms with E-state index in [0.717, 1.165) is 32.1 Å². The Morgan fingerprint density at radius 1 is 1.37 bits per heavy atom. The zero-order valence-corrected chi connectivity index (χ0v) is 16.0. The largest absolute Gasteiger partial charge is 0.376 e. The van der Waals surface area contributed by atoms with Gasteiger partial charge in [-0.15, -0.1) is 0 Å². The monoisotopic (exact) mass is 392 g/mol. The van der Waals surface area contributed by atoms with Crippen LogP contribution in [0.15, 0.2) is 18.5 Å². The zero-order valence-electron chi connectivity index (χ0n) is 15.2. The van der Waals surface area contributed by atoms with Crippen molar-refractivity contribution in [1.82, 2.24) is 9.97 Å². The molecule has 2 aliphatic rings. The smallest absolute Gasteiger partial charge is 0.311 e. The van der Waals surface area contributed by atoms with Gasteiger partial charge in [0.15, 0.2) is 9.84 Å². The first-order valence-corrected chi connectivity index (χ1v) is 11.2. The van der Waals surface area contributed by atoms with Crippen LogP contribution in [0.4, 0.5) is 11.4 Å². The van der Waals surface area contributed by atoms with Crippen LogP contribution >= 0.6 is 0 Å². The Hall–Kier alpha value is -2.16. The fraction of sp³-hybridized carbons (Fsp3) is 0.611. The van der Waals surface area contributed by atoms with Crippen molar-refractivity contribution in [3.63, 3.8) is 0 Å². The van der Waals surface area contributed by atoms with Gasteiger partial charge in [0, 0.05) is 17.6 Å². The summed E-state index contributed by atoms with van der Waals surface area (Å²) >= 11 is 0. The summed E-state index contributed by atoms with van der Waals surface area (Å²) in [5, 5.41) is 15.4. The third-order valence-corrected chi connectivity index (χ3v) is 8.33. The van der Waals surface area contributed by atoms with E-state index in [-0.39, 0.29) is 28.6 Å². The van der Waals surface area contributed by atoms with Gasteiger partial charge in [0.2, 0.25) is 0 Å². The molecule has 27 heavy (non-hydrogen) atoms. The van der Waals surface area contributed by atoms with Gasteiger partial charge < -0.3 is 10.3 Å². The Bertz CT molecular complexity index is 967. The minimum Gasteiger partial charge on any atom is -0.376 e. The molecule has 146 valence electrons. The Balaban J connectivity index is 1.58. The number of H-pyrrole nitrogens is 1. The lowest BCUT2D eigenvalue weighted by Crippen LogP contribution is -2.24. The first-order chi connectivity index (χ1) is 12.9. The van der Waals surface area contributed by atoms with Crippen molar-refractivity contribution in [2.24, 2.45) is 11.8 Å². The summed E-state index contributed by atoms with van der Waals surface area (Å²) in [5.74, 6) is 0.650. The molecule has 9 heteroatoms. The minimum atomic E-state index is -3.00. The van der Waals surface area contributed by atoms with Crippen LogP contribution in [-0.2, 0) is 9.84 Å². The van der Waals surface area contributed by atoms with E-state index in [1.165, 1.54) is 6.20 Å². The first-order valence-electron chi connectivity index (χ1n) is 9.47. The normalized spacial score (nSPS) is 25.7. The third kappa shape index (κ3) is 3.52. The third-order valence-electron chi connectivity index (χ3n) is 5.91. The highest BCUT2D eigenvalue weighted by Gasteiger charge is 2.41. The summed E-state index contributed by atoms with van der Waals surface area (Å²) in [5.41, 5.74) is 1.02. The summed E-state index contributed by atoms with van der Waals surface area (Å²) in [6, 6.07) is 1.80. The second-order valence-corrected chi connectivity index (χ2v) is 10.1. The molecule has 4 rings (SSSR count). The van der Waals surface area contributed by atoms with Gasteiger partial charge in [-0.05, 0) is 43.6 Å². The van der Waals surface area contributed by atoms with Crippen LogP contribution in [0.5, 0.6) is 0 Å². The fourth-order valence-electron chi connectivity index (χ4n) is 4.37. The van der Waals surface area contributed by atoms with Crippen LogP contribution in [0, 0.1) is 22.0 Å². The van der Waals surface area contributed by atoms with Gasteiger partial charge in [0.25, 0.3) is 0 Å². The summed E-state index contributed by atoms with van der Waals surface area (Å²) in [6.45, 7) is 2.09. The van der Waals surface area contributed by atoms with Gasteiger partial charge in [-0.2, -0.15) is 0 Å². The molecular weight excluding hydrogens is 368 g/mol. The van der Waals surface area contributed by atoms with Gasteiger partial charge in [-0.25, -0.2) is 13.4 Å². The zero-order chi connectivity index (χ0) is 19.2. The lowest BCUT2D eigenvalue weighted by atomic mass is 10.00. The number of hydrogen-bond acceptors (Lipinski definition) is 6. The molecule has 2 N–H and O–H groups in total. The van der Waals surface area contributed by atoms with Crippen molar-refractivity contribution in [1.29, 1.82) is 0 Å². The quantitative estimate of drug-likeness (QED) is 0.551. The Morgan fingerprint density at radius 3 is 2.81 bits per heavy atom. The number of anilines is 1. The second kappa shape index (κ2) is 6.78. The summed E-state index contributed by atoms with van der Waals surface area (Å²) in [6.07, 6.45) is 7.04. The predicted octanol–water partition coefficient (Wildman–Crippen LogP) is 3.27. The molecule has 0 saturated heterocycles. The van der Waals surface area contributed by atoms with E-state index in [4.69, 9.17) is 0 Å². The molecule has 0 radical (unpaired) electrons. The maximum Gasteiger partial charge on any atom is 0.311 e. The number of nitrogens with one attached hydrogen (secondary N) is 2. The molecule has 1 unspecified atom stereocenters. The van der Waals surface area contributed by atoms with Crippen molar-refractivity contribution >= 4 is 32.2 Å². The SMILES string of the molecule is CC[C@@H]1CC(CS(=O)(=O)C2CC2)C[C@@H]1Nc1c([N+](=O)[O-])cnc2[nH]ccc12. The van der Waals surface area contributed by atoms with Crippen molar-refractivity contribution in [2.45, 2.75) is 50.3 Å². The summed E-state index contributed by atoms with van der Waals surface area (Å²) in [4.78, 5) is 18.2. The molecule has 0 bridgehead atoms. The molecule has 2 aromatic rings. The molecular formula is C18H24N4O4S. The number of nitro groups is 1. The molecule has 2 aromatic heterocycles. The standard InChI is InChI=1S/C18H24N4O4S/c1-2-12-7-11(10-27(25,26)13-3-4-13)8-15(12)21-17-14-5-6-19-18(14)20-9-16(17)22(23)24/h5-6,9,11-13,15H,2-4,7-8,10H2,1H3,(H2,19,20,21)/t11?,12-,15+/m1/s1.